The molecule has 0 radical (unpaired) electrons. The Hall–Kier alpha value is -1.13. The molecule has 0 atom stereocenters. The first-order valence-corrected chi connectivity index (χ1v) is 3.29. The Balaban J connectivity index is 3.46. The van der Waals surface area contributed by atoms with E-state index in [1.807, 2.05) is 13.8 Å². The molecule has 0 rings (SSSR count). The van der Waals surface area contributed by atoms with Crippen molar-refractivity contribution in [3.63, 3.8) is 0 Å². The van der Waals surface area contributed by atoms with E-state index in [-0.39, 0.29) is 12.5 Å². The molecule has 64 valence electrons. The Bertz CT molecular complexity index is 155. The Labute approximate surface area is 64.5 Å². The van der Waals surface area contributed by atoms with E-state index in [1.165, 1.54) is 0 Å². The first-order valence-electron chi connectivity index (χ1n) is 3.29. The maximum atomic E-state index is 10.5. The summed E-state index contributed by atoms with van der Waals surface area (Å²) in [7, 11) is 0. The molecule has 0 aliphatic heterocycles. The van der Waals surface area contributed by atoms with Gasteiger partial charge in [0.1, 0.15) is 0 Å². The topological polar surface area (TPSA) is 69.4 Å². The van der Waals surface area contributed by atoms with E-state index in [0.29, 0.717) is 0 Å². The number of hydrogen-bond donors (Lipinski definition) is 0. The average molecular weight is 161 g/mol. The molecule has 0 aromatic heterocycles. The summed E-state index contributed by atoms with van der Waals surface area (Å²) in [5, 5.41) is 9.76. The summed E-state index contributed by atoms with van der Waals surface area (Å²) in [5.74, 6) is -0.561. The Morgan fingerprint density at radius 3 is 2.55 bits per heavy atom. The lowest BCUT2D eigenvalue weighted by Crippen LogP contribution is -2.18. The molecule has 0 saturated carbocycles. The maximum absolute atomic E-state index is 10.5. The van der Waals surface area contributed by atoms with Gasteiger partial charge in [0.15, 0.2) is 0 Å². The lowest BCUT2D eigenvalue weighted by Gasteiger charge is -2.03. The number of ether oxygens (including phenoxy) is 1. The number of carbonyl (C=O) groups is 1. The second-order valence-corrected chi connectivity index (χ2v) is 2.57. The summed E-state index contributed by atoms with van der Waals surface area (Å²) in [6.45, 7) is 3.22. The van der Waals surface area contributed by atoms with Crippen molar-refractivity contribution < 1.29 is 14.5 Å². The van der Waals surface area contributed by atoms with Crippen LogP contribution in [-0.4, -0.2) is 24.0 Å². The molecule has 11 heavy (non-hydrogen) atoms. The van der Waals surface area contributed by atoms with Crippen LogP contribution in [-0.2, 0) is 9.53 Å². The van der Waals surface area contributed by atoms with Crippen molar-refractivity contribution in [3.8, 4) is 0 Å². The van der Waals surface area contributed by atoms with Crippen LogP contribution in [0, 0.1) is 16.0 Å². The SMILES string of the molecule is CC(C)COC(=O)C[N+](=O)[O-]. The number of nitrogens with zero attached hydrogens (tertiary/aromatic N) is 1. The predicted octanol–water partition coefficient (Wildman–Crippen LogP) is 0.462. The molecule has 0 heterocycles. The van der Waals surface area contributed by atoms with Crippen LogP contribution in [0.4, 0.5) is 0 Å². The Morgan fingerprint density at radius 1 is 1.64 bits per heavy atom. The van der Waals surface area contributed by atoms with Crippen LogP contribution in [0.3, 0.4) is 0 Å². The maximum Gasteiger partial charge on any atom is 0.378 e. The van der Waals surface area contributed by atoms with Gasteiger partial charge in [-0.3, -0.25) is 10.1 Å². The predicted molar refractivity (Wildman–Crippen MR) is 37.7 cm³/mol. The summed E-state index contributed by atoms with van der Waals surface area (Å²) >= 11 is 0. The molecular weight excluding hydrogens is 150 g/mol. The zero-order valence-electron chi connectivity index (χ0n) is 6.57. The third-order valence-corrected chi connectivity index (χ3v) is 0.836. The average Bonchev–Trinajstić information content (AvgIpc) is 1.82. The standard InChI is InChI=1S/C6H11NO4/c1-5(2)4-11-6(8)3-7(9)10/h5H,3-4H2,1-2H3. The highest BCUT2D eigenvalue weighted by molar-refractivity contribution is 5.70. The molecule has 0 N–H and O–H groups in total. The van der Waals surface area contributed by atoms with E-state index in [9.17, 15) is 14.9 Å². The van der Waals surface area contributed by atoms with Crippen LogP contribution in [0.15, 0.2) is 0 Å². The largest absolute Gasteiger partial charge is 0.461 e. The second kappa shape index (κ2) is 4.65. The molecule has 0 aliphatic rings. The van der Waals surface area contributed by atoms with Crippen molar-refractivity contribution in [1.82, 2.24) is 0 Å². The summed E-state index contributed by atoms with van der Waals surface area (Å²) in [5.41, 5.74) is 0. The van der Waals surface area contributed by atoms with Crippen LogP contribution in [0.1, 0.15) is 13.8 Å². The molecule has 0 amide bonds. The summed E-state index contributed by atoms with van der Waals surface area (Å²) < 4.78 is 4.53. The Kier molecular flexibility index (Phi) is 4.17. The van der Waals surface area contributed by atoms with Crippen LogP contribution in [0.2, 0.25) is 0 Å². The number of hydrogen-bond acceptors (Lipinski definition) is 4. The summed E-state index contributed by atoms with van der Waals surface area (Å²) in [6.07, 6.45) is 0. The quantitative estimate of drug-likeness (QED) is 0.341. The molecule has 0 aromatic rings. The van der Waals surface area contributed by atoms with Gasteiger partial charge in [0.25, 0.3) is 6.54 Å². The fraction of sp³-hybridized carbons (Fsp3) is 0.833. The van der Waals surface area contributed by atoms with Crippen LogP contribution >= 0.6 is 0 Å². The van der Waals surface area contributed by atoms with E-state index >= 15 is 0 Å². The fourth-order valence-corrected chi connectivity index (χ4v) is 0.411. The van der Waals surface area contributed by atoms with Gasteiger partial charge >= 0.3 is 5.97 Å². The van der Waals surface area contributed by atoms with E-state index in [1.54, 1.807) is 0 Å². The van der Waals surface area contributed by atoms with Crippen LogP contribution < -0.4 is 0 Å². The first kappa shape index (κ1) is 9.87. The fourth-order valence-electron chi connectivity index (χ4n) is 0.411. The van der Waals surface area contributed by atoms with E-state index in [0.717, 1.165) is 0 Å². The Morgan fingerprint density at radius 2 is 2.18 bits per heavy atom. The van der Waals surface area contributed by atoms with Crippen molar-refractivity contribution in [2.24, 2.45) is 5.92 Å². The van der Waals surface area contributed by atoms with Gasteiger partial charge in [0.2, 0.25) is 0 Å². The second-order valence-electron chi connectivity index (χ2n) is 2.57. The van der Waals surface area contributed by atoms with Crippen molar-refractivity contribution in [1.29, 1.82) is 0 Å². The third kappa shape index (κ3) is 6.76. The van der Waals surface area contributed by atoms with Crippen LogP contribution in [0.5, 0.6) is 0 Å². The smallest absolute Gasteiger partial charge is 0.378 e. The van der Waals surface area contributed by atoms with Crippen molar-refractivity contribution >= 4 is 5.97 Å². The number of carbonyl (C=O) groups excluding carboxylic acids is 1. The monoisotopic (exact) mass is 161 g/mol. The number of esters is 1. The van der Waals surface area contributed by atoms with Crippen molar-refractivity contribution in [2.45, 2.75) is 13.8 Å². The summed E-state index contributed by atoms with van der Waals surface area (Å²) in [6, 6.07) is 0. The van der Waals surface area contributed by atoms with Gasteiger partial charge in [0.05, 0.1) is 6.61 Å². The highest BCUT2D eigenvalue weighted by Crippen LogP contribution is 1.92. The van der Waals surface area contributed by atoms with Gasteiger partial charge in [-0.25, -0.2) is 4.79 Å². The first-order chi connectivity index (χ1) is 5.02. The summed E-state index contributed by atoms with van der Waals surface area (Å²) in [4.78, 5) is 19.5. The van der Waals surface area contributed by atoms with Gasteiger partial charge in [-0.1, -0.05) is 13.8 Å². The third-order valence-electron chi connectivity index (χ3n) is 0.836. The van der Waals surface area contributed by atoms with E-state index < -0.39 is 17.4 Å². The zero-order chi connectivity index (χ0) is 8.85. The van der Waals surface area contributed by atoms with Crippen molar-refractivity contribution in [3.05, 3.63) is 10.1 Å². The molecule has 5 nitrogen and oxygen atoms in total. The van der Waals surface area contributed by atoms with Gasteiger partial charge in [-0.15, -0.1) is 0 Å². The molecule has 0 unspecified atom stereocenters. The normalized spacial score (nSPS) is 9.73. The molecule has 0 spiro atoms. The molecule has 0 aromatic carbocycles. The molecule has 0 aliphatic carbocycles. The highest BCUT2D eigenvalue weighted by Gasteiger charge is 2.10. The van der Waals surface area contributed by atoms with E-state index in [4.69, 9.17) is 0 Å². The highest BCUT2D eigenvalue weighted by atomic mass is 16.6. The zero-order valence-corrected chi connectivity index (χ0v) is 6.57. The van der Waals surface area contributed by atoms with Gasteiger partial charge in [0, 0.05) is 4.92 Å². The molecule has 5 heteroatoms. The number of rotatable bonds is 4. The van der Waals surface area contributed by atoms with Crippen LogP contribution in [0.25, 0.3) is 0 Å². The van der Waals surface area contributed by atoms with E-state index in [2.05, 4.69) is 4.74 Å². The van der Waals surface area contributed by atoms with Crippen molar-refractivity contribution in [2.75, 3.05) is 13.2 Å². The lowest BCUT2D eigenvalue weighted by atomic mass is 10.2. The molecule has 0 bridgehead atoms. The van der Waals surface area contributed by atoms with Gasteiger partial charge < -0.3 is 4.74 Å². The van der Waals surface area contributed by atoms with Gasteiger partial charge in [-0.2, -0.15) is 0 Å². The number of nitro groups is 1. The minimum atomic E-state index is -0.774. The van der Waals surface area contributed by atoms with Gasteiger partial charge in [-0.05, 0) is 5.92 Å². The molecule has 0 fully saturated rings. The molecule has 0 saturated heterocycles. The lowest BCUT2D eigenvalue weighted by molar-refractivity contribution is -0.470. The molecular formula is C6H11NO4. The minimum Gasteiger partial charge on any atom is -0.461 e. The minimum absolute atomic E-state index is 0.214.